The lowest BCUT2D eigenvalue weighted by Crippen LogP contribution is -2.34. The van der Waals surface area contributed by atoms with Gasteiger partial charge in [0.1, 0.15) is 5.60 Å². The van der Waals surface area contributed by atoms with E-state index >= 15 is 0 Å². The van der Waals surface area contributed by atoms with E-state index in [1.165, 1.54) is 25.7 Å². The van der Waals surface area contributed by atoms with Crippen LogP contribution in [0, 0.1) is 17.8 Å². The van der Waals surface area contributed by atoms with Crippen molar-refractivity contribution >= 4 is 6.09 Å². The van der Waals surface area contributed by atoms with E-state index in [1.54, 1.807) is 0 Å². The van der Waals surface area contributed by atoms with Gasteiger partial charge in [0, 0.05) is 6.54 Å². The highest BCUT2D eigenvalue weighted by Gasteiger charge is 2.38. The van der Waals surface area contributed by atoms with Crippen LogP contribution in [-0.2, 0) is 4.74 Å². The first-order valence-electron chi connectivity index (χ1n) is 8.11. The third kappa shape index (κ3) is 4.97. The number of hydrogen-bond donors (Lipinski definition) is 2. The van der Waals surface area contributed by atoms with Crippen molar-refractivity contribution in [3.8, 4) is 0 Å². The van der Waals surface area contributed by atoms with Gasteiger partial charge < -0.3 is 15.4 Å². The minimum absolute atomic E-state index is 0.314. The number of alkyl carbamates (subject to hydrolysis) is 1. The topological polar surface area (TPSA) is 50.4 Å². The minimum atomic E-state index is -0.413. The first kappa shape index (κ1) is 15.6. The number of fused-ring (bicyclic) bond motifs is 2. The molecule has 1 amide bonds. The predicted molar refractivity (Wildman–Crippen MR) is 80.7 cm³/mol. The van der Waals surface area contributed by atoms with Crippen molar-refractivity contribution in [2.24, 2.45) is 17.8 Å². The Morgan fingerprint density at radius 3 is 2.60 bits per heavy atom. The summed E-state index contributed by atoms with van der Waals surface area (Å²) in [6.45, 7) is 8.45. The number of carbonyl (C=O) groups excluding carboxylic acids is 1. The van der Waals surface area contributed by atoms with Gasteiger partial charge in [-0.25, -0.2) is 4.79 Å². The molecule has 0 aromatic heterocycles. The summed E-state index contributed by atoms with van der Waals surface area (Å²) in [4.78, 5) is 11.4. The molecule has 0 aromatic carbocycles. The Kier molecular flexibility index (Phi) is 5.30. The summed E-state index contributed by atoms with van der Waals surface area (Å²) in [6, 6.07) is 0. The van der Waals surface area contributed by atoms with E-state index in [4.69, 9.17) is 4.74 Å². The molecule has 3 atom stereocenters. The number of carbonyl (C=O) groups is 1. The summed E-state index contributed by atoms with van der Waals surface area (Å²) in [5.41, 5.74) is -0.413. The Labute approximate surface area is 123 Å². The van der Waals surface area contributed by atoms with E-state index in [0.29, 0.717) is 6.54 Å². The van der Waals surface area contributed by atoms with Crippen LogP contribution in [0.4, 0.5) is 4.79 Å². The zero-order chi connectivity index (χ0) is 14.6. The largest absolute Gasteiger partial charge is 0.444 e. The van der Waals surface area contributed by atoms with Crippen LogP contribution in [0.2, 0.25) is 0 Å². The highest BCUT2D eigenvalue weighted by molar-refractivity contribution is 5.67. The molecule has 20 heavy (non-hydrogen) atoms. The summed E-state index contributed by atoms with van der Waals surface area (Å²) < 4.78 is 5.19. The van der Waals surface area contributed by atoms with Crippen molar-refractivity contribution in [3.05, 3.63) is 0 Å². The standard InChI is InChI=1S/C16H30N2O2/c1-16(2,3)20-15(19)18-8-4-7-17-11-14-10-12-5-6-13(14)9-12/h12-14,17H,4-11H2,1-3H3,(H,18,19). The summed E-state index contributed by atoms with van der Waals surface area (Å²) in [5.74, 6) is 2.93. The molecule has 0 aromatic rings. The fourth-order valence-corrected chi connectivity index (χ4v) is 3.63. The molecule has 0 radical (unpaired) electrons. The summed E-state index contributed by atoms with van der Waals surface area (Å²) in [6.07, 6.45) is 6.49. The molecule has 2 aliphatic carbocycles. The van der Waals surface area contributed by atoms with E-state index < -0.39 is 5.60 Å². The molecule has 2 fully saturated rings. The Morgan fingerprint density at radius 1 is 1.20 bits per heavy atom. The predicted octanol–water partition coefficient (Wildman–Crippen LogP) is 2.93. The summed E-state index contributed by atoms with van der Waals surface area (Å²) in [7, 11) is 0. The number of amides is 1. The van der Waals surface area contributed by atoms with E-state index in [0.717, 1.165) is 37.3 Å². The van der Waals surface area contributed by atoms with Crippen molar-refractivity contribution in [2.45, 2.75) is 58.5 Å². The van der Waals surface area contributed by atoms with Crippen molar-refractivity contribution in [1.82, 2.24) is 10.6 Å². The van der Waals surface area contributed by atoms with Crippen LogP contribution in [0.25, 0.3) is 0 Å². The van der Waals surface area contributed by atoms with Crippen LogP contribution < -0.4 is 10.6 Å². The van der Waals surface area contributed by atoms with Crippen LogP contribution in [0.5, 0.6) is 0 Å². The molecule has 2 aliphatic rings. The first-order chi connectivity index (χ1) is 9.44. The van der Waals surface area contributed by atoms with Crippen LogP contribution in [0.15, 0.2) is 0 Å². The molecule has 0 spiro atoms. The number of hydrogen-bond acceptors (Lipinski definition) is 3. The van der Waals surface area contributed by atoms with Gasteiger partial charge in [-0.2, -0.15) is 0 Å². The maximum atomic E-state index is 11.4. The number of rotatable bonds is 6. The highest BCUT2D eigenvalue weighted by Crippen LogP contribution is 2.47. The second kappa shape index (κ2) is 6.79. The van der Waals surface area contributed by atoms with Crippen molar-refractivity contribution < 1.29 is 9.53 Å². The fourth-order valence-electron chi connectivity index (χ4n) is 3.63. The van der Waals surface area contributed by atoms with Gasteiger partial charge in [-0.1, -0.05) is 6.42 Å². The maximum Gasteiger partial charge on any atom is 0.407 e. The summed E-state index contributed by atoms with van der Waals surface area (Å²) >= 11 is 0. The normalized spacial score (nSPS) is 28.6. The fraction of sp³-hybridized carbons (Fsp3) is 0.938. The van der Waals surface area contributed by atoms with E-state index in [1.807, 2.05) is 20.8 Å². The lowest BCUT2D eigenvalue weighted by molar-refractivity contribution is 0.0527. The molecular formula is C16H30N2O2. The average molecular weight is 282 g/mol. The van der Waals surface area contributed by atoms with E-state index in [-0.39, 0.29) is 6.09 Å². The lowest BCUT2D eigenvalue weighted by Gasteiger charge is -2.22. The lowest BCUT2D eigenvalue weighted by atomic mass is 9.89. The monoisotopic (exact) mass is 282 g/mol. The second-order valence-corrected chi connectivity index (χ2v) is 7.42. The van der Waals surface area contributed by atoms with Crippen LogP contribution in [-0.4, -0.2) is 31.3 Å². The van der Waals surface area contributed by atoms with Crippen molar-refractivity contribution in [1.29, 1.82) is 0 Å². The Hall–Kier alpha value is -0.770. The maximum absolute atomic E-state index is 11.4. The minimum Gasteiger partial charge on any atom is -0.444 e. The Bertz CT molecular complexity index is 325. The molecule has 0 saturated heterocycles. The molecule has 0 heterocycles. The van der Waals surface area contributed by atoms with Crippen molar-refractivity contribution in [3.63, 3.8) is 0 Å². The molecule has 2 bridgehead atoms. The zero-order valence-corrected chi connectivity index (χ0v) is 13.2. The smallest absolute Gasteiger partial charge is 0.407 e. The highest BCUT2D eigenvalue weighted by atomic mass is 16.6. The van der Waals surface area contributed by atoms with E-state index in [9.17, 15) is 4.79 Å². The van der Waals surface area contributed by atoms with Crippen LogP contribution in [0.1, 0.15) is 52.9 Å². The molecule has 4 nitrogen and oxygen atoms in total. The average Bonchev–Trinajstić information content (AvgIpc) is 2.93. The second-order valence-electron chi connectivity index (χ2n) is 7.42. The molecular weight excluding hydrogens is 252 g/mol. The quantitative estimate of drug-likeness (QED) is 0.736. The van der Waals surface area contributed by atoms with Gasteiger partial charge in [-0.3, -0.25) is 0 Å². The SMILES string of the molecule is CC(C)(C)OC(=O)NCCCNCC1CC2CCC1C2. The zero-order valence-electron chi connectivity index (χ0n) is 13.2. The molecule has 3 unspecified atom stereocenters. The van der Waals surface area contributed by atoms with Crippen LogP contribution >= 0.6 is 0 Å². The molecule has 2 N–H and O–H groups in total. The molecule has 116 valence electrons. The summed E-state index contributed by atoms with van der Waals surface area (Å²) in [5, 5.41) is 6.34. The number of ether oxygens (including phenoxy) is 1. The first-order valence-corrected chi connectivity index (χ1v) is 8.11. The van der Waals surface area contributed by atoms with Gasteiger partial charge in [0.2, 0.25) is 0 Å². The molecule has 2 rings (SSSR count). The number of nitrogens with one attached hydrogen (secondary N) is 2. The van der Waals surface area contributed by atoms with Gasteiger partial charge in [-0.05, 0) is 77.3 Å². The third-order valence-electron chi connectivity index (χ3n) is 4.49. The molecule has 0 aliphatic heterocycles. The van der Waals surface area contributed by atoms with Gasteiger partial charge in [0.05, 0.1) is 0 Å². The third-order valence-corrected chi connectivity index (χ3v) is 4.49. The van der Waals surface area contributed by atoms with Gasteiger partial charge in [-0.15, -0.1) is 0 Å². The Morgan fingerprint density at radius 2 is 2.00 bits per heavy atom. The van der Waals surface area contributed by atoms with Gasteiger partial charge in [0.25, 0.3) is 0 Å². The van der Waals surface area contributed by atoms with Crippen molar-refractivity contribution in [2.75, 3.05) is 19.6 Å². The molecule has 2 saturated carbocycles. The molecule has 4 heteroatoms. The van der Waals surface area contributed by atoms with Gasteiger partial charge in [0.15, 0.2) is 0 Å². The van der Waals surface area contributed by atoms with E-state index in [2.05, 4.69) is 10.6 Å². The van der Waals surface area contributed by atoms with Gasteiger partial charge >= 0.3 is 6.09 Å². The Balaban J connectivity index is 1.45. The van der Waals surface area contributed by atoms with Crippen LogP contribution in [0.3, 0.4) is 0 Å².